The van der Waals surface area contributed by atoms with E-state index in [9.17, 15) is 24.0 Å². The van der Waals surface area contributed by atoms with E-state index in [2.05, 4.69) is 21.3 Å². The zero-order valence-electron chi connectivity index (χ0n) is 15.4. The Hall–Kier alpha value is -2.69. The van der Waals surface area contributed by atoms with E-state index >= 15 is 0 Å². The van der Waals surface area contributed by atoms with E-state index in [-0.39, 0.29) is 17.9 Å². The normalized spacial score (nSPS) is 18.4. The maximum Gasteiger partial charge on any atom is 0.326 e. The highest BCUT2D eigenvalue weighted by Gasteiger charge is 2.29. The van der Waals surface area contributed by atoms with E-state index in [1.807, 2.05) is 0 Å². The minimum absolute atomic E-state index is 0.222. The molecule has 1 rings (SSSR count). The standard InChI is InChI=1S/C16H27N5O6/c1-8(2)13(21-14(24)9-4-3-5-18-9)15(25)19-7-12(23)20-10(16(26)27)6-11(17)22/h8-10,13,18H,3-7H2,1-2H3,(H2,17,22)(H,19,25)(H,20,23)(H,21,24)(H,26,27). The molecule has 3 unspecified atom stereocenters. The summed E-state index contributed by atoms with van der Waals surface area (Å²) in [6.45, 7) is 3.75. The number of hydrogen-bond acceptors (Lipinski definition) is 6. The van der Waals surface area contributed by atoms with E-state index in [0.717, 1.165) is 13.0 Å². The summed E-state index contributed by atoms with van der Waals surface area (Å²) in [5.74, 6) is -4.14. The van der Waals surface area contributed by atoms with Crippen LogP contribution < -0.4 is 27.0 Å². The summed E-state index contributed by atoms with van der Waals surface area (Å²) in [6, 6.07) is -2.65. The molecule has 0 bridgehead atoms. The monoisotopic (exact) mass is 385 g/mol. The molecule has 0 aromatic rings. The summed E-state index contributed by atoms with van der Waals surface area (Å²) in [7, 11) is 0. The summed E-state index contributed by atoms with van der Waals surface area (Å²) in [4.78, 5) is 58.2. The Kier molecular flexibility index (Phi) is 8.66. The van der Waals surface area contributed by atoms with Gasteiger partial charge in [0, 0.05) is 0 Å². The number of amides is 4. The van der Waals surface area contributed by atoms with E-state index in [4.69, 9.17) is 10.8 Å². The van der Waals surface area contributed by atoms with Crippen LogP contribution in [0.2, 0.25) is 0 Å². The molecule has 0 spiro atoms. The average molecular weight is 385 g/mol. The fraction of sp³-hybridized carbons (Fsp3) is 0.688. The molecule has 11 heteroatoms. The van der Waals surface area contributed by atoms with Crippen LogP contribution in [0.3, 0.4) is 0 Å². The van der Waals surface area contributed by atoms with Crippen LogP contribution in [0.5, 0.6) is 0 Å². The summed E-state index contributed by atoms with van der Waals surface area (Å²) in [5, 5.41) is 19.1. The van der Waals surface area contributed by atoms with Gasteiger partial charge in [0.2, 0.25) is 23.6 Å². The highest BCUT2D eigenvalue weighted by Crippen LogP contribution is 2.07. The van der Waals surface area contributed by atoms with Crippen LogP contribution >= 0.6 is 0 Å². The van der Waals surface area contributed by atoms with E-state index in [1.165, 1.54) is 0 Å². The number of nitrogens with one attached hydrogen (secondary N) is 4. The third kappa shape index (κ3) is 7.60. The first-order valence-corrected chi connectivity index (χ1v) is 8.73. The Labute approximate surface area is 156 Å². The molecule has 0 saturated carbocycles. The van der Waals surface area contributed by atoms with Crippen LogP contribution in [0, 0.1) is 5.92 Å². The second kappa shape index (κ2) is 10.5. The molecule has 0 aliphatic carbocycles. The Balaban J connectivity index is 2.55. The molecule has 1 fully saturated rings. The lowest BCUT2D eigenvalue weighted by molar-refractivity contribution is -0.143. The van der Waals surface area contributed by atoms with Gasteiger partial charge in [-0.15, -0.1) is 0 Å². The van der Waals surface area contributed by atoms with Gasteiger partial charge in [-0.2, -0.15) is 0 Å². The highest BCUT2D eigenvalue weighted by molar-refractivity contribution is 5.93. The number of primary amides is 1. The highest BCUT2D eigenvalue weighted by atomic mass is 16.4. The number of hydrogen-bond donors (Lipinski definition) is 6. The number of rotatable bonds is 10. The van der Waals surface area contributed by atoms with Crippen molar-refractivity contribution in [2.24, 2.45) is 11.7 Å². The van der Waals surface area contributed by atoms with Crippen molar-refractivity contribution in [3.8, 4) is 0 Å². The molecule has 4 amide bonds. The van der Waals surface area contributed by atoms with Gasteiger partial charge in [-0.05, 0) is 25.3 Å². The summed E-state index contributed by atoms with van der Waals surface area (Å²) in [6.07, 6.45) is 1.01. The van der Waals surface area contributed by atoms with Crippen LogP contribution in [0.1, 0.15) is 33.1 Å². The second-order valence-electron chi connectivity index (χ2n) is 6.73. The number of carbonyl (C=O) groups is 5. The molecule has 152 valence electrons. The van der Waals surface area contributed by atoms with Crippen LogP contribution in [0.4, 0.5) is 0 Å². The molecule has 1 aliphatic heterocycles. The van der Waals surface area contributed by atoms with Crippen molar-refractivity contribution in [1.29, 1.82) is 0 Å². The minimum Gasteiger partial charge on any atom is -0.480 e. The average Bonchev–Trinajstić information content (AvgIpc) is 3.10. The largest absolute Gasteiger partial charge is 0.480 e. The molecular weight excluding hydrogens is 358 g/mol. The van der Waals surface area contributed by atoms with Gasteiger partial charge in [0.1, 0.15) is 12.1 Å². The van der Waals surface area contributed by atoms with Gasteiger partial charge in [0.25, 0.3) is 0 Å². The number of carboxylic acids is 1. The Morgan fingerprint density at radius 2 is 1.85 bits per heavy atom. The fourth-order valence-corrected chi connectivity index (χ4v) is 2.62. The van der Waals surface area contributed by atoms with Gasteiger partial charge in [-0.1, -0.05) is 13.8 Å². The van der Waals surface area contributed by atoms with Crippen LogP contribution in [0.15, 0.2) is 0 Å². The topological polar surface area (TPSA) is 180 Å². The van der Waals surface area contributed by atoms with Crippen molar-refractivity contribution >= 4 is 29.6 Å². The predicted octanol–water partition coefficient (Wildman–Crippen LogP) is -2.56. The smallest absolute Gasteiger partial charge is 0.326 e. The molecule has 0 aromatic carbocycles. The van der Waals surface area contributed by atoms with Gasteiger partial charge < -0.3 is 32.1 Å². The van der Waals surface area contributed by atoms with Gasteiger partial charge in [-0.3, -0.25) is 19.2 Å². The number of carbonyl (C=O) groups excluding carboxylic acids is 4. The zero-order chi connectivity index (χ0) is 20.6. The first kappa shape index (κ1) is 22.4. The third-order valence-corrected chi connectivity index (χ3v) is 4.09. The molecular formula is C16H27N5O6. The molecule has 0 aromatic heterocycles. The summed E-state index contributed by atoms with van der Waals surface area (Å²) >= 11 is 0. The summed E-state index contributed by atoms with van der Waals surface area (Å²) < 4.78 is 0. The molecule has 1 heterocycles. The van der Waals surface area contributed by atoms with Crippen molar-refractivity contribution in [2.45, 2.75) is 51.2 Å². The number of aliphatic carboxylic acids is 1. The van der Waals surface area contributed by atoms with Crippen LogP contribution in [0.25, 0.3) is 0 Å². The third-order valence-electron chi connectivity index (χ3n) is 4.09. The first-order valence-electron chi connectivity index (χ1n) is 8.73. The molecule has 11 nitrogen and oxygen atoms in total. The molecule has 0 radical (unpaired) electrons. The second-order valence-corrected chi connectivity index (χ2v) is 6.73. The van der Waals surface area contributed by atoms with Crippen molar-refractivity contribution in [1.82, 2.24) is 21.3 Å². The molecule has 3 atom stereocenters. The predicted molar refractivity (Wildman–Crippen MR) is 94.2 cm³/mol. The number of carboxylic acid groups (broad SMARTS) is 1. The quantitative estimate of drug-likeness (QED) is 0.239. The lowest BCUT2D eigenvalue weighted by Crippen LogP contribution is -2.55. The Morgan fingerprint density at radius 3 is 2.33 bits per heavy atom. The molecule has 1 aliphatic rings. The molecule has 7 N–H and O–H groups in total. The van der Waals surface area contributed by atoms with Gasteiger partial charge >= 0.3 is 5.97 Å². The summed E-state index contributed by atoms with van der Waals surface area (Å²) in [5.41, 5.74) is 4.93. The van der Waals surface area contributed by atoms with E-state index < -0.39 is 48.7 Å². The van der Waals surface area contributed by atoms with Gasteiger partial charge in [-0.25, -0.2) is 4.79 Å². The zero-order valence-corrected chi connectivity index (χ0v) is 15.4. The van der Waals surface area contributed by atoms with Gasteiger partial charge in [0.05, 0.1) is 19.0 Å². The van der Waals surface area contributed by atoms with Gasteiger partial charge in [0.15, 0.2) is 0 Å². The fourth-order valence-electron chi connectivity index (χ4n) is 2.62. The van der Waals surface area contributed by atoms with Crippen molar-refractivity contribution in [3.05, 3.63) is 0 Å². The van der Waals surface area contributed by atoms with Crippen LogP contribution in [-0.2, 0) is 24.0 Å². The lowest BCUT2D eigenvalue weighted by atomic mass is 10.0. The van der Waals surface area contributed by atoms with Crippen molar-refractivity contribution in [2.75, 3.05) is 13.1 Å². The SMILES string of the molecule is CC(C)C(NC(=O)C1CCCN1)C(=O)NCC(=O)NC(CC(N)=O)C(=O)O. The van der Waals surface area contributed by atoms with E-state index in [1.54, 1.807) is 13.8 Å². The van der Waals surface area contributed by atoms with E-state index in [0.29, 0.717) is 6.42 Å². The molecule has 27 heavy (non-hydrogen) atoms. The Bertz CT molecular complexity index is 588. The van der Waals surface area contributed by atoms with Crippen molar-refractivity contribution < 1.29 is 29.1 Å². The minimum atomic E-state index is -1.47. The maximum atomic E-state index is 12.3. The van der Waals surface area contributed by atoms with Crippen molar-refractivity contribution in [3.63, 3.8) is 0 Å². The number of nitrogens with two attached hydrogens (primary N) is 1. The first-order chi connectivity index (χ1) is 12.6. The van der Waals surface area contributed by atoms with Crippen LogP contribution in [-0.4, -0.2) is 65.9 Å². The molecule has 1 saturated heterocycles. The maximum absolute atomic E-state index is 12.3. The Morgan fingerprint density at radius 1 is 1.19 bits per heavy atom. The lowest BCUT2D eigenvalue weighted by Gasteiger charge is -2.23.